The van der Waals surface area contributed by atoms with Gasteiger partial charge in [0.15, 0.2) is 0 Å². The molecule has 0 fully saturated rings. The van der Waals surface area contributed by atoms with E-state index in [9.17, 15) is 8.42 Å². The summed E-state index contributed by atoms with van der Waals surface area (Å²) in [4.78, 5) is 2.03. The summed E-state index contributed by atoms with van der Waals surface area (Å²) in [5.74, 6) is 0. The zero-order valence-corrected chi connectivity index (χ0v) is 12.3. The predicted octanol–water partition coefficient (Wildman–Crippen LogP) is 0.338. The van der Waals surface area contributed by atoms with Gasteiger partial charge in [-0.05, 0) is 25.1 Å². The van der Waals surface area contributed by atoms with Gasteiger partial charge in [0, 0.05) is 27.2 Å². The van der Waals surface area contributed by atoms with E-state index >= 15 is 0 Å². The van der Waals surface area contributed by atoms with E-state index in [1.807, 2.05) is 11.8 Å². The van der Waals surface area contributed by atoms with Crippen molar-refractivity contribution < 1.29 is 13.5 Å². The van der Waals surface area contributed by atoms with E-state index in [0.717, 1.165) is 4.31 Å². The van der Waals surface area contributed by atoms with Crippen molar-refractivity contribution in [1.29, 1.82) is 0 Å². The average molecular weight is 287 g/mol. The van der Waals surface area contributed by atoms with Crippen molar-refractivity contribution in [3.63, 3.8) is 0 Å². The van der Waals surface area contributed by atoms with Crippen molar-refractivity contribution in [3.05, 3.63) is 18.2 Å². The zero-order chi connectivity index (χ0) is 14.6. The van der Waals surface area contributed by atoms with Crippen LogP contribution in [0, 0.1) is 0 Å². The van der Waals surface area contributed by atoms with Crippen LogP contribution in [-0.2, 0) is 10.0 Å². The van der Waals surface area contributed by atoms with Gasteiger partial charge in [-0.3, -0.25) is 0 Å². The molecule has 0 unspecified atom stereocenters. The Bertz CT molecular complexity index is 529. The summed E-state index contributed by atoms with van der Waals surface area (Å²) >= 11 is 0. The van der Waals surface area contributed by atoms with Crippen molar-refractivity contribution in [2.45, 2.75) is 11.8 Å². The van der Waals surface area contributed by atoms with Crippen LogP contribution in [0.15, 0.2) is 23.1 Å². The SMILES string of the molecule is CCN(CCO)c1cc(S(=O)(=O)N(C)C)ccc1N. The van der Waals surface area contributed by atoms with Gasteiger partial charge < -0.3 is 15.7 Å². The summed E-state index contributed by atoms with van der Waals surface area (Å²) in [7, 11) is -0.519. The molecule has 1 rings (SSSR count). The third-order valence-electron chi connectivity index (χ3n) is 2.87. The van der Waals surface area contributed by atoms with Crippen LogP contribution in [0.2, 0.25) is 0 Å². The highest BCUT2D eigenvalue weighted by Crippen LogP contribution is 2.27. The van der Waals surface area contributed by atoms with Crippen molar-refractivity contribution in [2.75, 3.05) is 44.4 Å². The van der Waals surface area contributed by atoms with Gasteiger partial charge in [0.05, 0.1) is 22.9 Å². The number of aliphatic hydroxyl groups excluding tert-OH is 1. The number of anilines is 2. The first-order valence-corrected chi connectivity index (χ1v) is 7.46. The van der Waals surface area contributed by atoms with Gasteiger partial charge in [-0.15, -0.1) is 0 Å². The Morgan fingerprint density at radius 3 is 2.42 bits per heavy atom. The number of benzene rings is 1. The quantitative estimate of drug-likeness (QED) is 0.737. The van der Waals surface area contributed by atoms with E-state index in [0.29, 0.717) is 24.5 Å². The monoisotopic (exact) mass is 287 g/mol. The summed E-state index contributed by atoms with van der Waals surface area (Å²) in [6.45, 7) is 2.95. The number of nitrogen functional groups attached to an aromatic ring is 1. The van der Waals surface area contributed by atoms with Gasteiger partial charge in [0.25, 0.3) is 0 Å². The number of likely N-dealkylation sites (N-methyl/N-ethyl adjacent to an activating group) is 1. The van der Waals surface area contributed by atoms with Crippen molar-refractivity contribution >= 4 is 21.4 Å². The van der Waals surface area contributed by atoms with Gasteiger partial charge in [-0.2, -0.15) is 0 Å². The highest BCUT2D eigenvalue weighted by atomic mass is 32.2. The number of nitrogens with two attached hydrogens (primary N) is 1. The van der Waals surface area contributed by atoms with E-state index in [1.54, 1.807) is 12.1 Å². The van der Waals surface area contributed by atoms with Gasteiger partial charge in [0.2, 0.25) is 10.0 Å². The molecule has 0 atom stereocenters. The van der Waals surface area contributed by atoms with Crippen LogP contribution in [-0.4, -0.2) is 51.6 Å². The molecule has 108 valence electrons. The first-order chi connectivity index (χ1) is 8.84. The fourth-order valence-electron chi connectivity index (χ4n) is 1.74. The Kier molecular flexibility index (Phi) is 5.16. The molecule has 0 aliphatic rings. The number of sulfonamides is 1. The predicted molar refractivity (Wildman–Crippen MR) is 76.7 cm³/mol. The highest BCUT2D eigenvalue weighted by molar-refractivity contribution is 7.89. The van der Waals surface area contributed by atoms with Crippen LogP contribution in [0.25, 0.3) is 0 Å². The number of aliphatic hydroxyl groups is 1. The number of hydrogen-bond acceptors (Lipinski definition) is 5. The first kappa shape index (κ1) is 15.7. The molecule has 0 aromatic heterocycles. The van der Waals surface area contributed by atoms with Crippen LogP contribution in [0.3, 0.4) is 0 Å². The van der Waals surface area contributed by atoms with Gasteiger partial charge in [-0.1, -0.05) is 0 Å². The summed E-state index contributed by atoms with van der Waals surface area (Å²) in [6, 6.07) is 4.61. The zero-order valence-electron chi connectivity index (χ0n) is 11.5. The summed E-state index contributed by atoms with van der Waals surface area (Å²) in [5.41, 5.74) is 7.00. The normalized spacial score (nSPS) is 11.8. The maximum atomic E-state index is 12.1. The molecule has 0 saturated carbocycles. The highest BCUT2D eigenvalue weighted by Gasteiger charge is 2.19. The minimum Gasteiger partial charge on any atom is -0.397 e. The van der Waals surface area contributed by atoms with Crippen LogP contribution in [0.4, 0.5) is 11.4 Å². The molecule has 1 aromatic rings. The molecule has 0 heterocycles. The Morgan fingerprint density at radius 1 is 1.32 bits per heavy atom. The summed E-state index contributed by atoms with van der Waals surface area (Å²) in [5, 5.41) is 9.03. The molecule has 0 aliphatic heterocycles. The molecule has 0 aliphatic carbocycles. The molecular formula is C12H21N3O3S. The minimum atomic E-state index is -3.48. The van der Waals surface area contributed by atoms with Crippen LogP contribution in [0.1, 0.15) is 6.92 Å². The number of hydrogen-bond donors (Lipinski definition) is 2. The van der Waals surface area contributed by atoms with Crippen molar-refractivity contribution in [1.82, 2.24) is 4.31 Å². The Hall–Kier alpha value is -1.31. The molecule has 1 aromatic carbocycles. The van der Waals surface area contributed by atoms with Crippen LogP contribution in [0.5, 0.6) is 0 Å². The topological polar surface area (TPSA) is 86.9 Å². The van der Waals surface area contributed by atoms with Crippen molar-refractivity contribution in [3.8, 4) is 0 Å². The average Bonchev–Trinajstić information content (AvgIpc) is 2.36. The van der Waals surface area contributed by atoms with E-state index in [-0.39, 0.29) is 11.5 Å². The second kappa shape index (κ2) is 6.23. The molecule has 3 N–H and O–H groups in total. The molecule has 0 radical (unpaired) electrons. The van der Waals surface area contributed by atoms with Crippen LogP contribution < -0.4 is 10.6 Å². The maximum absolute atomic E-state index is 12.1. The fourth-order valence-corrected chi connectivity index (χ4v) is 2.66. The van der Waals surface area contributed by atoms with E-state index in [2.05, 4.69) is 0 Å². The Balaban J connectivity index is 3.28. The van der Waals surface area contributed by atoms with Gasteiger partial charge in [0.1, 0.15) is 0 Å². The lowest BCUT2D eigenvalue weighted by Crippen LogP contribution is -2.28. The largest absolute Gasteiger partial charge is 0.397 e. The molecule has 0 spiro atoms. The lowest BCUT2D eigenvalue weighted by molar-refractivity contribution is 0.302. The molecule has 7 heteroatoms. The van der Waals surface area contributed by atoms with Crippen molar-refractivity contribution in [2.24, 2.45) is 0 Å². The van der Waals surface area contributed by atoms with E-state index in [1.165, 1.54) is 20.2 Å². The van der Waals surface area contributed by atoms with E-state index in [4.69, 9.17) is 10.8 Å². The third-order valence-corrected chi connectivity index (χ3v) is 4.68. The Morgan fingerprint density at radius 2 is 1.95 bits per heavy atom. The number of nitrogens with zero attached hydrogens (tertiary/aromatic N) is 2. The first-order valence-electron chi connectivity index (χ1n) is 6.02. The molecule has 0 amide bonds. The standard InChI is InChI=1S/C12H21N3O3S/c1-4-15(7-8-16)12-9-10(5-6-11(12)13)19(17,18)14(2)3/h5-6,9,16H,4,7-8,13H2,1-3H3. The smallest absolute Gasteiger partial charge is 0.242 e. The van der Waals surface area contributed by atoms with E-state index < -0.39 is 10.0 Å². The molecule has 0 bridgehead atoms. The Labute approximate surface area is 114 Å². The number of rotatable bonds is 6. The van der Waals surface area contributed by atoms with Gasteiger partial charge in [-0.25, -0.2) is 12.7 Å². The molecule has 6 nitrogen and oxygen atoms in total. The summed E-state index contributed by atoms with van der Waals surface area (Å²) in [6.07, 6.45) is 0. The lowest BCUT2D eigenvalue weighted by atomic mass is 10.2. The molecule has 0 saturated heterocycles. The second-order valence-electron chi connectivity index (χ2n) is 4.31. The summed E-state index contributed by atoms with van der Waals surface area (Å²) < 4.78 is 25.3. The lowest BCUT2D eigenvalue weighted by Gasteiger charge is -2.24. The second-order valence-corrected chi connectivity index (χ2v) is 6.46. The molecular weight excluding hydrogens is 266 g/mol. The van der Waals surface area contributed by atoms with Gasteiger partial charge >= 0.3 is 0 Å². The molecule has 19 heavy (non-hydrogen) atoms. The maximum Gasteiger partial charge on any atom is 0.242 e. The minimum absolute atomic E-state index is 0.0159. The fraction of sp³-hybridized carbons (Fsp3) is 0.500. The van der Waals surface area contributed by atoms with Crippen LogP contribution >= 0.6 is 0 Å². The third kappa shape index (κ3) is 3.37.